The molecular weight excluding hydrogens is 467 g/mol. The Balaban J connectivity index is 1.63. The van der Waals surface area contributed by atoms with E-state index in [1.165, 1.54) is 23.5 Å². The molecule has 9 heteroatoms. The lowest BCUT2D eigenvalue weighted by atomic mass is 9.94. The summed E-state index contributed by atoms with van der Waals surface area (Å²) < 4.78 is 45.4. The van der Waals surface area contributed by atoms with Crippen molar-refractivity contribution in [2.24, 2.45) is 5.73 Å². The molecule has 0 aliphatic carbocycles. The van der Waals surface area contributed by atoms with Crippen LogP contribution in [0, 0.1) is 0 Å². The molecule has 0 bridgehead atoms. The van der Waals surface area contributed by atoms with Crippen LogP contribution in [0.4, 0.5) is 13.2 Å². The predicted octanol–water partition coefficient (Wildman–Crippen LogP) is 4.84. The number of fused-ring (bicyclic) bond motifs is 2. The van der Waals surface area contributed by atoms with Gasteiger partial charge in [-0.05, 0) is 73.0 Å². The van der Waals surface area contributed by atoms with E-state index >= 15 is 0 Å². The highest BCUT2D eigenvalue weighted by Gasteiger charge is 2.30. The molecule has 0 amide bonds. The minimum Gasteiger partial charge on any atom is -0.457 e. The van der Waals surface area contributed by atoms with E-state index in [4.69, 9.17) is 10.5 Å². The molecule has 5 nitrogen and oxygen atoms in total. The van der Waals surface area contributed by atoms with Crippen LogP contribution in [0.3, 0.4) is 0 Å². The van der Waals surface area contributed by atoms with E-state index < -0.39 is 17.3 Å². The minimum atomic E-state index is -4.42. The molecule has 1 heterocycles. The number of hydrogen-bond acceptors (Lipinski definition) is 6. The average molecular weight is 490 g/mol. The quantitative estimate of drug-likeness (QED) is 0.323. The molecule has 0 atom stereocenters. The van der Waals surface area contributed by atoms with Crippen molar-refractivity contribution in [2.75, 3.05) is 13.2 Å². The summed E-state index contributed by atoms with van der Waals surface area (Å²) in [7, 11) is 0. The molecule has 0 aliphatic heterocycles. The highest BCUT2D eigenvalue weighted by molar-refractivity contribution is 7.24. The molecule has 4 aromatic rings. The fourth-order valence-electron chi connectivity index (χ4n) is 3.55. The largest absolute Gasteiger partial charge is 0.457 e. The summed E-state index contributed by atoms with van der Waals surface area (Å²) in [5, 5.41) is 19.9. The van der Waals surface area contributed by atoms with Crippen molar-refractivity contribution < 1.29 is 28.1 Å². The van der Waals surface area contributed by atoms with Crippen molar-refractivity contribution in [3.63, 3.8) is 0 Å². The van der Waals surface area contributed by atoms with Gasteiger partial charge in [-0.1, -0.05) is 6.07 Å². The Morgan fingerprint density at radius 2 is 1.44 bits per heavy atom. The highest BCUT2D eigenvalue weighted by atomic mass is 32.1. The Morgan fingerprint density at radius 1 is 0.853 bits per heavy atom. The van der Waals surface area contributed by atoms with Gasteiger partial charge in [-0.3, -0.25) is 4.79 Å². The SMILES string of the molecule is NC(CO)(CO)CCc1ccc2c(=O)c3ccc(Oc4ccc(C(F)(F)F)cc4)cc3sc2c1. The molecule has 0 fully saturated rings. The summed E-state index contributed by atoms with van der Waals surface area (Å²) in [6.45, 7) is -0.673. The second-order valence-corrected chi connectivity index (χ2v) is 9.31. The van der Waals surface area contributed by atoms with Crippen molar-refractivity contribution in [1.82, 2.24) is 0 Å². The van der Waals surface area contributed by atoms with Crippen molar-refractivity contribution in [2.45, 2.75) is 24.6 Å². The summed E-state index contributed by atoms with van der Waals surface area (Å²) in [6, 6.07) is 14.8. The number of ether oxygens (including phenoxy) is 1. The third-order valence-electron chi connectivity index (χ3n) is 5.67. The van der Waals surface area contributed by atoms with Gasteiger partial charge in [0.05, 0.1) is 24.3 Å². The van der Waals surface area contributed by atoms with E-state index in [1.807, 2.05) is 12.1 Å². The molecule has 0 saturated carbocycles. The van der Waals surface area contributed by atoms with Gasteiger partial charge >= 0.3 is 6.18 Å². The van der Waals surface area contributed by atoms with E-state index in [0.717, 1.165) is 22.4 Å². The molecular formula is C25H22F3NO4S. The zero-order valence-electron chi connectivity index (χ0n) is 17.9. The van der Waals surface area contributed by atoms with Gasteiger partial charge in [-0.25, -0.2) is 0 Å². The third-order valence-corrected chi connectivity index (χ3v) is 6.78. The maximum Gasteiger partial charge on any atom is 0.416 e. The number of benzene rings is 3. The summed E-state index contributed by atoms with van der Waals surface area (Å²) in [6.07, 6.45) is -3.53. The van der Waals surface area contributed by atoms with Crippen LogP contribution >= 0.6 is 11.3 Å². The zero-order valence-corrected chi connectivity index (χ0v) is 18.7. The topological polar surface area (TPSA) is 92.8 Å². The van der Waals surface area contributed by atoms with Gasteiger partial charge < -0.3 is 20.7 Å². The number of alkyl halides is 3. The second-order valence-electron chi connectivity index (χ2n) is 8.22. The van der Waals surface area contributed by atoms with Gasteiger partial charge in [-0.2, -0.15) is 13.2 Å². The van der Waals surface area contributed by atoms with Crippen molar-refractivity contribution in [1.29, 1.82) is 0 Å². The van der Waals surface area contributed by atoms with Crippen LogP contribution in [-0.2, 0) is 12.6 Å². The minimum absolute atomic E-state index is 0.129. The molecule has 1 aromatic heterocycles. The molecule has 3 aromatic carbocycles. The van der Waals surface area contributed by atoms with Gasteiger partial charge in [0.2, 0.25) is 0 Å². The Kier molecular flexibility index (Phi) is 6.64. The lowest BCUT2D eigenvalue weighted by Crippen LogP contribution is -2.47. The number of rotatable bonds is 7. The van der Waals surface area contributed by atoms with Gasteiger partial charge in [0.1, 0.15) is 11.5 Å². The van der Waals surface area contributed by atoms with Crippen LogP contribution in [0.1, 0.15) is 17.5 Å². The fourth-order valence-corrected chi connectivity index (χ4v) is 4.71. The number of aliphatic hydroxyl groups is 2. The van der Waals surface area contributed by atoms with Crippen LogP contribution in [0.15, 0.2) is 65.5 Å². The highest BCUT2D eigenvalue weighted by Crippen LogP contribution is 2.33. The molecule has 4 rings (SSSR count). The maximum absolute atomic E-state index is 13.0. The zero-order chi connectivity index (χ0) is 24.5. The first-order valence-corrected chi connectivity index (χ1v) is 11.3. The normalized spacial score (nSPS) is 12.4. The first-order valence-electron chi connectivity index (χ1n) is 10.5. The summed E-state index contributed by atoms with van der Waals surface area (Å²) in [5.41, 5.74) is 4.90. The summed E-state index contributed by atoms with van der Waals surface area (Å²) in [5.74, 6) is 0.651. The molecule has 0 saturated heterocycles. The van der Waals surface area contributed by atoms with E-state index in [-0.39, 0.29) is 24.4 Å². The average Bonchev–Trinajstić information content (AvgIpc) is 2.82. The van der Waals surface area contributed by atoms with E-state index in [2.05, 4.69) is 0 Å². The van der Waals surface area contributed by atoms with Crippen LogP contribution in [-0.4, -0.2) is 29.0 Å². The fraction of sp³-hybridized carbons (Fsp3) is 0.240. The molecule has 0 radical (unpaired) electrons. The first kappa shape index (κ1) is 24.2. The molecule has 0 unspecified atom stereocenters. The monoisotopic (exact) mass is 489 g/mol. The van der Waals surface area contributed by atoms with Crippen LogP contribution in [0.2, 0.25) is 0 Å². The number of aryl methyl sites for hydroxylation is 1. The van der Waals surface area contributed by atoms with Crippen LogP contribution in [0.5, 0.6) is 11.5 Å². The number of nitrogens with two attached hydrogens (primary N) is 1. The van der Waals surface area contributed by atoms with Crippen LogP contribution in [0.25, 0.3) is 20.2 Å². The Bertz CT molecular complexity index is 1380. The molecule has 4 N–H and O–H groups in total. The van der Waals surface area contributed by atoms with Gasteiger partial charge in [0.25, 0.3) is 0 Å². The number of halogens is 3. The second kappa shape index (κ2) is 9.34. The standard InChI is InChI=1S/C25H22F3NO4S/c26-25(27,28)16-2-4-17(5-3-16)33-18-6-8-20-22(12-18)34-21-11-15(1-7-19(21)23(20)32)9-10-24(29,13-30)14-31/h1-8,11-12,30-31H,9-10,13-14,29H2. The molecule has 34 heavy (non-hydrogen) atoms. The lowest BCUT2D eigenvalue weighted by molar-refractivity contribution is -0.137. The smallest absolute Gasteiger partial charge is 0.416 e. The molecule has 0 aliphatic rings. The summed E-state index contributed by atoms with van der Waals surface area (Å²) >= 11 is 1.40. The summed E-state index contributed by atoms with van der Waals surface area (Å²) in [4.78, 5) is 13.0. The van der Waals surface area contributed by atoms with Crippen molar-refractivity contribution >= 4 is 31.5 Å². The molecule has 0 spiro atoms. The number of aliphatic hydroxyl groups excluding tert-OH is 2. The van der Waals surface area contributed by atoms with E-state index in [0.29, 0.717) is 34.1 Å². The third kappa shape index (κ3) is 5.07. The van der Waals surface area contributed by atoms with Gasteiger partial charge in [0, 0.05) is 20.2 Å². The van der Waals surface area contributed by atoms with Gasteiger partial charge in [-0.15, -0.1) is 11.3 Å². The van der Waals surface area contributed by atoms with E-state index in [9.17, 15) is 28.2 Å². The van der Waals surface area contributed by atoms with Crippen molar-refractivity contribution in [3.8, 4) is 11.5 Å². The Morgan fingerprint density at radius 3 is 2.06 bits per heavy atom. The molecule has 178 valence electrons. The van der Waals surface area contributed by atoms with Gasteiger partial charge in [0.15, 0.2) is 5.43 Å². The maximum atomic E-state index is 13.0. The Labute approximate surface area is 196 Å². The lowest BCUT2D eigenvalue weighted by Gasteiger charge is -2.24. The van der Waals surface area contributed by atoms with Crippen molar-refractivity contribution in [3.05, 3.63) is 82.0 Å². The Hall–Kier alpha value is -2.98. The number of hydrogen-bond donors (Lipinski definition) is 3. The van der Waals surface area contributed by atoms with E-state index in [1.54, 1.807) is 24.3 Å². The first-order chi connectivity index (χ1) is 16.1. The van der Waals surface area contributed by atoms with Crippen LogP contribution < -0.4 is 15.9 Å². The predicted molar refractivity (Wildman–Crippen MR) is 127 cm³/mol.